The number of piperazine rings is 1. The van der Waals surface area contributed by atoms with Crippen molar-refractivity contribution in [1.82, 2.24) is 9.80 Å². The van der Waals surface area contributed by atoms with Crippen LogP contribution in [0, 0.1) is 0 Å². The number of benzene rings is 2. The molecule has 0 aromatic heterocycles. The Morgan fingerprint density at radius 1 is 0.788 bits per heavy atom. The summed E-state index contributed by atoms with van der Waals surface area (Å²) in [5.74, 6) is 3.53. The molecule has 8 heteroatoms. The molecule has 1 aliphatic heterocycles. The lowest BCUT2D eigenvalue weighted by Gasteiger charge is -2.35. The quantitative estimate of drug-likeness (QED) is 0.518. The Kier molecular flexibility index (Phi) is 9.47. The van der Waals surface area contributed by atoms with Gasteiger partial charge in [0, 0.05) is 44.8 Å². The molecule has 1 aliphatic rings. The molecule has 182 valence electrons. The lowest BCUT2D eigenvalue weighted by molar-refractivity contribution is 0.0444. The van der Waals surface area contributed by atoms with Crippen molar-refractivity contribution in [3.8, 4) is 28.7 Å². The van der Waals surface area contributed by atoms with Crippen molar-refractivity contribution in [2.24, 2.45) is 0 Å². The van der Waals surface area contributed by atoms with Gasteiger partial charge in [-0.05, 0) is 37.3 Å². The number of ether oxygens (including phenoxy) is 5. The maximum Gasteiger partial charge on any atom is 0.203 e. The molecular formula is C25H36N2O6. The third-order valence-corrected chi connectivity index (χ3v) is 5.69. The third kappa shape index (κ3) is 6.90. The van der Waals surface area contributed by atoms with Gasteiger partial charge >= 0.3 is 0 Å². The average molecular weight is 461 g/mol. The average Bonchev–Trinajstić information content (AvgIpc) is 2.84. The fourth-order valence-electron chi connectivity index (χ4n) is 4.00. The van der Waals surface area contributed by atoms with E-state index in [-0.39, 0.29) is 6.61 Å². The Bertz CT molecular complexity index is 853. The lowest BCUT2D eigenvalue weighted by atomic mass is 10.1. The predicted molar refractivity (Wildman–Crippen MR) is 127 cm³/mol. The molecule has 0 bridgehead atoms. The molecule has 1 saturated heterocycles. The SMILES string of the molecule is CCOc1ccc(OCC(O)CN2CCN(Cc3ccc(OC)c(OC)c3OC)CC2)cc1. The summed E-state index contributed by atoms with van der Waals surface area (Å²) in [6.07, 6.45) is -0.547. The van der Waals surface area contributed by atoms with Gasteiger partial charge in [-0.15, -0.1) is 0 Å². The summed E-state index contributed by atoms with van der Waals surface area (Å²) < 4.78 is 27.6. The second kappa shape index (κ2) is 12.5. The fourth-order valence-corrected chi connectivity index (χ4v) is 4.00. The van der Waals surface area contributed by atoms with Crippen molar-refractivity contribution in [3.05, 3.63) is 42.0 Å². The van der Waals surface area contributed by atoms with Crippen LogP contribution in [0.2, 0.25) is 0 Å². The van der Waals surface area contributed by atoms with E-state index in [1.165, 1.54) is 0 Å². The van der Waals surface area contributed by atoms with Gasteiger partial charge in [-0.1, -0.05) is 6.07 Å². The zero-order valence-corrected chi connectivity index (χ0v) is 20.1. The first kappa shape index (κ1) is 25.0. The molecule has 1 heterocycles. The van der Waals surface area contributed by atoms with E-state index >= 15 is 0 Å². The fraction of sp³-hybridized carbons (Fsp3) is 0.520. The zero-order valence-electron chi connectivity index (χ0n) is 20.1. The van der Waals surface area contributed by atoms with Gasteiger partial charge in [-0.25, -0.2) is 0 Å². The largest absolute Gasteiger partial charge is 0.494 e. The van der Waals surface area contributed by atoms with Crippen LogP contribution in [0.4, 0.5) is 0 Å². The highest BCUT2D eigenvalue weighted by molar-refractivity contribution is 5.55. The van der Waals surface area contributed by atoms with E-state index < -0.39 is 6.10 Å². The standard InChI is InChI=1S/C25H36N2O6/c1-5-32-21-7-9-22(10-8-21)33-18-20(28)17-27-14-12-26(13-15-27)16-19-6-11-23(29-2)25(31-4)24(19)30-3/h6-11,20,28H,5,12-18H2,1-4H3. The van der Waals surface area contributed by atoms with E-state index in [2.05, 4.69) is 9.80 Å². The van der Waals surface area contributed by atoms with Gasteiger partial charge in [0.2, 0.25) is 5.75 Å². The van der Waals surface area contributed by atoms with Crippen molar-refractivity contribution in [2.75, 3.05) is 67.3 Å². The van der Waals surface area contributed by atoms with Crippen molar-refractivity contribution in [3.63, 3.8) is 0 Å². The number of aliphatic hydroxyl groups excluding tert-OH is 1. The maximum absolute atomic E-state index is 10.4. The molecule has 1 N–H and O–H groups in total. The highest BCUT2D eigenvalue weighted by Gasteiger charge is 2.22. The van der Waals surface area contributed by atoms with Gasteiger partial charge in [-0.3, -0.25) is 9.80 Å². The van der Waals surface area contributed by atoms with Crippen LogP contribution in [0.3, 0.4) is 0 Å². The summed E-state index contributed by atoms with van der Waals surface area (Å²) in [5.41, 5.74) is 1.06. The van der Waals surface area contributed by atoms with Crippen LogP contribution in [0.5, 0.6) is 28.7 Å². The number of rotatable bonds is 12. The molecular weight excluding hydrogens is 424 g/mol. The Morgan fingerprint density at radius 3 is 1.97 bits per heavy atom. The van der Waals surface area contributed by atoms with Gasteiger partial charge in [-0.2, -0.15) is 0 Å². The predicted octanol–water partition coefficient (Wildman–Crippen LogP) is 2.67. The molecule has 2 aromatic carbocycles. The van der Waals surface area contributed by atoms with Gasteiger partial charge < -0.3 is 28.8 Å². The normalized spacial score (nSPS) is 15.7. The second-order valence-corrected chi connectivity index (χ2v) is 7.94. The third-order valence-electron chi connectivity index (χ3n) is 5.69. The number of nitrogens with zero attached hydrogens (tertiary/aromatic N) is 2. The van der Waals surface area contributed by atoms with Crippen molar-refractivity contribution in [2.45, 2.75) is 19.6 Å². The molecule has 1 unspecified atom stereocenters. The summed E-state index contributed by atoms with van der Waals surface area (Å²) >= 11 is 0. The second-order valence-electron chi connectivity index (χ2n) is 7.94. The first-order valence-corrected chi connectivity index (χ1v) is 11.3. The Hall–Kier alpha value is -2.68. The monoisotopic (exact) mass is 460 g/mol. The summed E-state index contributed by atoms with van der Waals surface area (Å²) in [5, 5.41) is 10.4. The Morgan fingerprint density at radius 2 is 1.39 bits per heavy atom. The van der Waals surface area contributed by atoms with Crippen LogP contribution < -0.4 is 23.7 Å². The van der Waals surface area contributed by atoms with Crippen LogP contribution in [0.25, 0.3) is 0 Å². The van der Waals surface area contributed by atoms with Crippen LogP contribution in [0.1, 0.15) is 12.5 Å². The van der Waals surface area contributed by atoms with Crippen LogP contribution in [0.15, 0.2) is 36.4 Å². The van der Waals surface area contributed by atoms with Gasteiger partial charge in [0.05, 0.1) is 27.9 Å². The van der Waals surface area contributed by atoms with E-state index in [0.29, 0.717) is 30.4 Å². The minimum atomic E-state index is -0.547. The van der Waals surface area contributed by atoms with Gasteiger partial charge in [0.1, 0.15) is 24.2 Å². The van der Waals surface area contributed by atoms with Crippen molar-refractivity contribution in [1.29, 1.82) is 0 Å². The van der Waals surface area contributed by atoms with Crippen LogP contribution in [-0.4, -0.2) is 88.3 Å². The summed E-state index contributed by atoms with van der Waals surface area (Å²) in [6.45, 7) is 7.78. The lowest BCUT2D eigenvalue weighted by Crippen LogP contribution is -2.48. The summed E-state index contributed by atoms with van der Waals surface area (Å²) in [7, 11) is 4.89. The smallest absolute Gasteiger partial charge is 0.203 e. The van der Waals surface area contributed by atoms with Gasteiger partial charge in [0.25, 0.3) is 0 Å². The maximum atomic E-state index is 10.4. The topological polar surface area (TPSA) is 72.9 Å². The molecule has 1 atom stereocenters. The Labute approximate surface area is 196 Å². The number of hydrogen-bond acceptors (Lipinski definition) is 8. The molecule has 0 spiro atoms. The molecule has 2 aromatic rings. The molecule has 0 amide bonds. The summed E-state index contributed by atoms with van der Waals surface area (Å²) in [4.78, 5) is 4.65. The van der Waals surface area contributed by atoms with Crippen molar-refractivity contribution >= 4 is 0 Å². The summed E-state index contributed by atoms with van der Waals surface area (Å²) in [6, 6.07) is 11.4. The highest BCUT2D eigenvalue weighted by atomic mass is 16.5. The molecule has 3 rings (SSSR count). The van der Waals surface area contributed by atoms with Gasteiger partial charge in [0.15, 0.2) is 11.5 Å². The van der Waals surface area contributed by atoms with E-state index in [0.717, 1.165) is 49.8 Å². The Balaban J connectivity index is 1.44. The number of β-amino-alcohol motifs (C(OH)–C–C–N with tert-alkyl or cyclic N) is 1. The molecule has 0 saturated carbocycles. The van der Waals surface area contributed by atoms with E-state index in [1.807, 2.05) is 43.3 Å². The zero-order chi connectivity index (χ0) is 23.6. The minimum absolute atomic E-state index is 0.261. The van der Waals surface area contributed by atoms with E-state index in [1.54, 1.807) is 21.3 Å². The molecule has 8 nitrogen and oxygen atoms in total. The minimum Gasteiger partial charge on any atom is -0.494 e. The number of aliphatic hydroxyl groups is 1. The molecule has 0 aliphatic carbocycles. The van der Waals surface area contributed by atoms with E-state index in [9.17, 15) is 5.11 Å². The highest BCUT2D eigenvalue weighted by Crippen LogP contribution is 2.40. The van der Waals surface area contributed by atoms with Crippen LogP contribution >= 0.6 is 0 Å². The van der Waals surface area contributed by atoms with Crippen molar-refractivity contribution < 1.29 is 28.8 Å². The number of methoxy groups -OCH3 is 3. The first-order valence-electron chi connectivity index (χ1n) is 11.3. The van der Waals surface area contributed by atoms with E-state index in [4.69, 9.17) is 23.7 Å². The molecule has 1 fully saturated rings. The van der Waals surface area contributed by atoms with Crippen LogP contribution in [-0.2, 0) is 6.54 Å². The first-order chi connectivity index (χ1) is 16.1. The molecule has 33 heavy (non-hydrogen) atoms. The molecule has 0 radical (unpaired) electrons. The number of hydrogen-bond donors (Lipinski definition) is 1.